The highest BCUT2D eigenvalue weighted by molar-refractivity contribution is 5.82. The predicted octanol–water partition coefficient (Wildman–Crippen LogP) is 0.0211. The SMILES string of the molecule is O=C1C(NC2CC2)CCCN1CCn1ccnn1. The minimum absolute atomic E-state index is 0.0435. The largest absolute Gasteiger partial charge is 0.339 e. The Hall–Kier alpha value is -1.43. The molecule has 1 N–H and O–H groups in total. The average molecular weight is 249 g/mol. The first-order valence-corrected chi connectivity index (χ1v) is 6.72. The summed E-state index contributed by atoms with van der Waals surface area (Å²) in [4.78, 5) is 14.2. The smallest absolute Gasteiger partial charge is 0.239 e. The highest BCUT2D eigenvalue weighted by Gasteiger charge is 2.33. The highest BCUT2D eigenvalue weighted by atomic mass is 16.2. The van der Waals surface area contributed by atoms with Crippen LogP contribution >= 0.6 is 0 Å². The van der Waals surface area contributed by atoms with Gasteiger partial charge in [-0.2, -0.15) is 0 Å². The van der Waals surface area contributed by atoms with Crippen molar-refractivity contribution < 1.29 is 4.79 Å². The number of hydrogen-bond acceptors (Lipinski definition) is 4. The van der Waals surface area contributed by atoms with E-state index in [9.17, 15) is 4.79 Å². The number of nitrogens with one attached hydrogen (secondary N) is 1. The molecular weight excluding hydrogens is 230 g/mol. The van der Waals surface area contributed by atoms with Crippen LogP contribution in [0.2, 0.25) is 0 Å². The van der Waals surface area contributed by atoms with Crippen LogP contribution in [0.15, 0.2) is 12.4 Å². The van der Waals surface area contributed by atoms with Crippen LogP contribution in [0, 0.1) is 0 Å². The van der Waals surface area contributed by atoms with Gasteiger partial charge < -0.3 is 10.2 Å². The van der Waals surface area contributed by atoms with Crippen molar-refractivity contribution >= 4 is 5.91 Å². The van der Waals surface area contributed by atoms with Gasteiger partial charge in [-0.25, -0.2) is 0 Å². The Morgan fingerprint density at radius 1 is 1.33 bits per heavy atom. The van der Waals surface area contributed by atoms with E-state index in [0.29, 0.717) is 6.04 Å². The number of nitrogens with zero attached hydrogens (tertiary/aromatic N) is 4. The summed E-state index contributed by atoms with van der Waals surface area (Å²) >= 11 is 0. The lowest BCUT2D eigenvalue weighted by Gasteiger charge is -2.32. The molecule has 1 aromatic rings. The Morgan fingerprint density at radius 2 is 2.22 bits per heavy atom. The third kappa shape index (κ3) is 2.69. The van der Waals surface area contributed by atoms with E-state index in [1.807, 2.05) is 11.1 Å². The van der Waals surface area contributed by atoms with E-state index in [0.717, 1.165) is 32.5 Å². The third-order valence-electron chi connectivity index (χ3n) is 3.62. The van der Waals surface area contributed by atoms with Crippen molar-refractivity contribution in [3.8, 4) is 0 Å². The molecule has 2 aliphatic rings. The molecule has 1 saturated heterocycles. The third-order valence-corrected chi connectivity index (χ3v) is 3.62. The Kier molecular flexibility index (Phi) is 3.27. The summed E-state index contributed by atoms with van der Waals surface area (Å²) in [7, 11) is 0. The van der Waals surface area contributed by atoms with Gasteiger partial charge in [-0.15, -0.1) is 5.10 Å². The number of aromatic nitrogens is 3. The molecule has 1 atom stereocenters. The van der Waals surface area contributed by atoms with Crippen molar-refractivity contribution in [1.82, 2.24) is 25.2 Å². The normalized spacial score (nSPS) is 24.6. The van der Waals surface area contributed by atoms with Crippen LogP contribution in [-0.4, -0.2) is 51.0 Å². The summed E-state index contributed by atoms with van der Waals surface area (Å²) < 4.78 is 1.77. The molecule has 0 spiro atoms. The lowest BCUT2D eigenvalue weighted by atomic mass is 10.0. The number of rotatable bonds is 5. The van der Waals surface area contributed by atoms with E-state index in [2.05, 4.69) is 15.6 Å². The number of carbonyl (C=O) groups excluding carboxylic acids is 1. The second-order valence-electron chi connectivity index (χ2n) is 5.13. The minimum Gasteiger partial charge on any atom is -0.339 e. The molecule has 1 amide bonds. The summed E-state index contributed by atoms with van der Waals surface area (Å²) in [5, 5.41) is 11.1. The standard InChI is InChI=1S/C12H19N5O/c18-12-11(14-10-3-4-10)2-1-6-16(12)8-9-17-7-5-13-15-17/h5,7,10-11,14H,1-4,6,8-9H2. The zero-order chi connectivity index (χ0) is 12.4. The zero-order valence-electron chi connectivity index (χ0n) is 10.5. The molecule has 0 radical (unpaired) electrons. The van der Waals surface area contributed by atoms with Crippen LogP contribution in [0.3, 0.4) is 0 Å². The number of hydrogen-bond donors (Lipinski definition) is 1. The first-order valence-electron chi connectivity index (χ1n) is 6.72. The van der Waals surface area contributed by atoms with Crippen molar-refractivity contribution in [3.63, 3.8) is 0 Å². The molecule has 6 heteroatoms. The van der Waals surface area contributed by atoms with Gasteiger partial charge in [-0.05, 0) is 25.7 Å². The zero-order valence-corrected chi connectivity index (χ0v) is 10.5. The lowest BCUT2D eigenvalue weighted by molar-refractivity contribution is -0.136. The summed E-state index contributed by atoms with van der Waals surface area (Å²) in [6.07, 6.45) is 8.01. The Bertz CT molecular complexity index is 401. The van der Waals surface area contributed by atoms with Gasteiger partial charge in [-0.1, -0.05) is 5.21 Å². The van der Waals surface area contributed by atoms with Gasteiger partial charge in [0.25, 0.3) is 0 Å². The Morgan fingerprint density at radius 3 is 2.94 bits per heavy atom. The van der Waals surface area contributed by atoms with E-state index in [4.69, 9.17) is 0 Å². The second kappa shape index (κ2) is 5.06. The molecule has 1 aliphatic heterocycles. The first kappa shape index (κ1) is 11.6. The van der Waals surface area contributed by atoms with Crippen molar-refractivity contribution in [1.29, 1.82) is 0 Å². The van der Waals surface area contributed by atoms with Crippen LogP contribution in [0.25, 0.3) is 0 Å². The van der Waals surface area contributed by atoms with Crippen LogP contribution < -0.4 is 5.32 Å². The summed E-state index contributed by atoms with van der Waals surface area (Å²) in [6.45, 7) is 2.32. The fourth-order valence-electron chi connectivity index (χ4n) is 2.43. The van der Waals surface area contributed by atoms with Gasteiger partial charge >= 0.3 is 0 Å². The maximum Gasteiger partial charge on any atom is 0.239 e. The Balaban J connectivity index is 1.52. The van der Waals surface area contributed by atoms with Crippen molar-refractivity contribution in [2.45, 2.75) is 44.3 Å². The summed E-state index contributed by atoms with van der Waals surface area (Å²) in [5.74, 6) is 0.258. The lowest BCUT2D eigenvalue weighted by Crippen LogP contribution is -2.51. The summed E-state index contributed by atoms with van der Waals surface area (Å²) in [6, 6.07) is 0.635. The second-order valence-corrected chi connectivity index (χ2v) is 5.13. The number of amides is 1. The van der Waals surface area contributed by atoms with Gasteiger partial charge in [0.1, 0.15) is 0 Å². The van der Waals surface area contributed by atoms with Crippen molar-refractivity contribution in [2.24, 2.45) is 0 Å². The monoisotopic (exact) mass is 249 g/mol. The van der Waals surface area contributed by atoms with Crippen LogP contribution in [0.1, 0.15) is 25.7 Å². The van der Waals surface area contributed by atoms with E-state index >= 15 is 0 Å². The molecule has 3 rings (SSSR count). The van der Waals surface area contributed by atoms with Gasteiger partial charge in [0.05, 0.1) is 18.8 Å². The topological polar surface area (TPSA) is 63.1 Å². The molecule has 0 bridgehead atoms. The quantitative estimate of drug-likeness (QED) is 0.799. The molecule has 1 unspecified atom stereocenters. The van der Waals surface area contributed by atoms with Gasteiger partial charge in [-0.3, -0.25) is 9.48 Å². The van der Waals surface area contributed by atoms with E-state index in [1.165, 1.54) is 12.8 Å². The number of carbonyl (C=O) groups is 1. The van der Waals surface area contributed by atoms with Crippen molar-refractivity contribution in [3.05, 3.63) is 12.4 Å². The molecular formula is C12H19N5O. The predicted molar refractivity (Wildman–Crippen MR) is 65.8 cm³/mol. The van der Waals surface area contributed by atoms with E-state index in [1.54, 1.807) is 10.9 Å². The average Bonchev–Trinajstić information content (AvgIpc) is 3.04. The fourth-order valence-corrected chi connectivity index (χ4v) is 2.43. The maximum atomic E-state index is 12.3. The molecule has 1 aromatic heterocycles. The van der Waals surface area contributed by atoms with Gasteiger partial charge in [0, 0.05) is 25.3 Å². The van der Waals surface area contributed by atoms with E-state index in [-0.39, 0.29) is 11.9 Å². The molecule has 1 saturated carbocycles. The highest BCUT2D eigenvalue weighted by Crippen LogP contribution is 2.22. The molecule has 2 fully saturated rings. The van der Waals surface area contributed by atoms with Gasteiger partial charge in [0.15, 0.2) is 0 Å². The van der Waals surface area contributed by atoms with Crippen LogP contribution in [-0.2, 0) is 11.3 Å². The summed E-state index contributed by atoms with van der Waals surface area (Å²) in [5.41, 5.74) is 0. The molecule has 2 heterocycles. The minimum atomic E-state index is 0.0435. The van der Waals surface area contributed by atoms with Crippen LogP contribution in [0.5, 0.6) is 0 Å². The number of likely N-dealkylation sites (tertiary alicyclic amines) is 1. The molecule has 98 valence electrons. The fraction of sp³-hybridized carbons (Fsp3) is 0.750. The Labute approximate surface area is 106 Å². The van der Waals surface area contributed by atoms with Crippen LogP contribution in [0.4, 0.5) is 0 Å². The van der Waals surface area contributed by atoms with E-state index < -0.39 is 0 Å². The van der Waals surface area contributed by atoms with Gasteiger partial charge in [0.2, 0.25) is 5.91 Å². The molecule has 1 aliphatic carbocycles. The molecule has 18 heavy (non-hydrogen) atoms. The molecule has 0 aromatic carbocycles. The van der Waals surface area contributed by atoms with Crippen molar-refractivity contribution in [2.75, 3.05) is 13.1 Å². The maximum absolute atomic E-state index is 12.3. The number of piperidine rings is 1. The molecule has 6 nitrogen and oxygen atoms in total. The first-order chi connectivity index (χ1) is 8.83.